The summed E-state index contributed by atoms with van der Waals surface area (Å²) >= 11 is 6.10. The zero-order valence-corrected chi connectivity index (χ0v) is 16.2. The van der Waals surface area contributed by atoms with E-state index in [1.165, 1.54) is 24.7 Å². The summed E-state index contributed by atoms with van der Waals surface area (Å²) in [5, 5.41) is 16.0. The van der Waals surface area contributed by atoms with Crippen molar-refractivity contribution in [3.05, 3.63) is 88.4 Å². The maximum atomic E-state index is 14.0. The third-order valence-electron chi connectivity index (χ3n) is 4.95. The molecule has 1 N–H and O–H groups in total. The van der Waals surface area contributed by atoms with Crippen LogP contribution in [0.25, 0.3) is 10.8 Å². The Morgan fingerprint density at radius 3 is 2.83 bits per heavy atom. The summed E-state index contributed by atoms with van der Waals surface area (Å²) in [5.41, 5.74) is 1.69. The first-order valence-corrected chi connectivity index (χ1v) is 9.22. The van der Waals surface area contributed by atoms with E-state index >= 15 is 0 Å². The SMILES string of the molecule is C[N+]1(c2cccc(Cl)c2)C=NC=C1C(=O)NCc1c[n+]([O-])cc2c(F)cccc12. The summed E-state index contributed by atoms with van der Waals surface area (Å²) in [5.74, 6) is -0.840. The molecular formula is C21H17ClFN4O2+. The lowest BCUT2D eigenvalue weighted by Gasteiger charge is -2.26. The lowest BCUT2D eigenvalue weighted by molar-refractivity contribution is -0.604. The van der Waals surface area contributed by atoms with E-state index in [2.05, 4.69) is 10.3 Å². The molecule has 4 rings (SSSR count). The number of fused-ring (bicyclic) bond motifs is 1. The van der Waals surface area contributed by atoms with Gasteiger partial charge in [0.2, 0.25) is 5.70 Å². The quantitative estimate of drug-likeness (QED) is 0.406. The number of nitrogens with one attached hydrogen (secondary N) is 1. The van der Waals surface area contributed by atoms with Crippen LogP contribution in [0.15, 0.2) is 71.7 Å². The fraction of sp³-hybridized carbons (Fsp3) is 0.0952. The smallest absolute Gasteiger partial charge is 0.308 e. The minimum Gasteiger partial charge on any atom is -0.619 e. The minimum absolute atomic E-state index is 0.0537. The highest BCUT2D eigenvalue weighted by molar-refractivity contribution is 6.30. The maximum Gasteiger partial charge on any atom is 0.308 e. The van der Waals surface area contributed by atoms with Gasteiger partial charge in [0.25, 0.3) is 0 Å². The molecule has 1 aliphatic rings. The third-order valence-corrected chi connectivity index (χ3v) is 5.18. The van der Waals surface area contributed by atoms with E-state index in [-0.39, 0.29) is 22.3 Å². The van der Waals surface area contributed by atoms with Crippen molar-refractivity contribution in [3.63, 3.8) is 0 Å². The molecule has 0 aliphatic carbocycles. The Labute approximate surface area is 171 Å². The van der Waals surface area contributed by atoms with Gasteiger partial charge in [0.05, 0.1) is 12.4 Å². The summed E-state index contributed by atoms with van der Waals surface area (Å²) < 4.78 is 14.6. The number of halogens is 2. The normalized spacial score (nSPS) is 18.1. The number of nitrogens with zero attached hydrogens (tertiary/aromatic N) is 3. The van der Waals surface area contributed by atoms with Gasteiger partial charge >= 0.3 is 5.91 Å². The molecule has 2 aromatic carbocycles. The molecule has 3 aromatic rings. The molecule has 1 amide bonds. The summed E-state index contributed by atoms with van der Waals surface area (Å²) in [6.45, 7) is 0.0642. The summed E-state index contributed by atoms with van der Waals surface area (Å²) in [4.78, 5) is 17.1. The number of amides is 1. The van der Waals surface area contributed by atoms with Crippen molar-refractivity contribution in [2.24, 2.45) is 4.99 Å². The summed E-state index contributed by atoms with van der Waals surface area (Å²) in [6, 6.07) is 11.8. The number of carbonyl (C=O) groups is 1. The van der Waals surface area contributed by atoms with Gasteiger partial charge in [0, 0.05) is 34.6 Å². The second kappa shape index (κ2) is 7.27. The molecule has 8 heteroatoms. The van der Waals surface area contributed by atoms with Crippen LogP contribution >= 0.6 is 11.6 Å². The van der Waals surface area contributed by atoms with Crippen LogP contribution < -0.4 is 14.5 Å². The molecule has 1 unspecified atom stereocenters. The first-order valence-electron chi connectivity index (χ1n) is 8.84. The molecule has 1 atom stereocenters. The van der Waals surface area contributed by atoms with E-state index < -0.39 is 5.82 Å². The van der Waals surface area contributed by atoms with Crippen LogP contribution in [0.1, 0.15) is 5.56 Å². The summed E-state index contributed by atoms with van der Waals surface area (Å²) in [6.07, 6.45) is 5.63. The fourth-order valence-electron chi connectivity index (χ4n) is 3.40. The molecule has 1 aliphatic heterocycles. The average Bonchev–Trinajstić information content (AvgIpc) is 3.10. The van der Waals surface area contributed by atoms with Crippen LogP contribution in [0.3, 0.4) is 0 Å². The lowest BCUT2D eigenvalue weighted by Crippen LogP contribution is -2.46. The number of rotatable bonds is 4. The summed E-state index contributed by atoms with van der Waals surface area (Å²) in [7, 11) is 1.83. The third kappa shape index (κ3) is 3.46. The highest BCUT2D eigenvalue weighted by atomic mass is 35.5. The topological polar surface area (TPSA) is 68.4 Å². The van der Waals surface area contributed by atoms with Crippen molar-refractivity contribution in [3.8, 4) is 0 Å². The van der Waals surface area contributed by atoms with E-state index in [1.54, 1.807) is 36.7 Å². The minimum atomic E-state index is -0.489. The van der Waals surface area contributed by atoms with Crippen molar-refractivity contribution in [2.75, 3.05) is 7.05 Å². The molecule has 29 heavy (non-hydrogen) atoms. The molecule has 1 aromatic heterocycles. The van der Waals surface area contributed by atoms with Crippen molar-refractivity contribution >= 4 is 40.3 Å². The first-order chi connectivity index (χ1) is 13.9. The second-order valence-corrected chi connectivity index (χ2v) is 7.30. The first kappa shape index (κ1) is 19.0. The number of pyridine rings is 1. The Hall–Kier alpha value is -3.29. The van der Waals surface area contributed by atoms with Crippen LogP contribution in [0, 0.1) is 11.0 Å². The van der Waals surface area contributed by atoms with E-state index in [4.69, 9.17) is 11.6 Å². The fourth-order valence-corrected chi connectivity index (χ4v) is 3.59. The van der Waals surface area contributed by atoms with Crippen molar-refractivity contribution in [1.82, 2.24) is 9.80 Å². The standard InChI is InChI=1S/C21H16ClFN4O2/c1-27(16-5-2-4-15(22)8-16)13-24-10-20(27)21(28)25-9-14-11-26(29)12-18-17(14)6-3-7-19(18)23/h2-8,10-13H,9H2,1H3/p+1. The van der Waals surface area contributed by atoms with Gasteiger partial charge in [0.15, 0.2) is 18.7 Å². The van der Waals surface area contributed by atoms with Crippen LogP contribution in [0.5, 0.6) is 0 Å². The van der Waals surface area contributed by atoms with Gasteiger partial charge in [-0.05, 0) is 12.1 Å². The highest BCUT2D eigenvalue weighted by Crippen LogP contribution is 2.30. The van der Waals surface area contributed by atoms with Gasteiger partial charge in [0.1, 0.15) is 17.7 Å². The number of hydrogen-bond acceptors (Lipinski definition) is 3. The van der Waals surface area contributed by atoms with E-state index in [1.807, 2.05) is 13.1 Å². The van der Waals surface area contributed by atoms with Gasteiger partial charge in [-0.15, -0.1) is 0 Å². The number of quaternary nitrogens is 1. The maximum absolute atomic E-state index is 14.0. The van der Waals surface area contributed by atoms with Gasteiger partial charge < -0.3 is 10.5 Å². The molecule has 0 saturated heterocycles. The van der Waals surface area contributed by atoms with E-state index in [9.17, 15) is 14.4 Å². The predicted molar refractivity (Wildman–Crippen MR) is 110 cm³/mol. The number of benzene rings is 2. The van der Waals surface area contributed by atoms with E-state index in [0.717, 1.165) is 5.69 Å². The number of aliphatic imine (C=N–C) groups is 1. The second-order valence-electron chi connectivity index (χ2n) is 6.86. The lowest BCUT2D eigenvalue weighted by atomic mass is 10.1. The zero-order chi connectivity index (χ0) is 20.6. The Kier molecular flexibility index (Phi) is 4.77. The van der Waals surface area contributed by atoms with Crippen LogP contribution in [-0.4, -0.2) is 19.3 Å². The largest absolute Gasteiger partial charge is 0.619 e. The highest BCUT2D eigenvalue weighted by Gasteiger charge is 2.38. The average molecular weight is 412 g/mol. The van der Waals surface area contributed by atoms with Crippen LogP contribution in [0.4, 0.5) is 10.1 Å². The van der Waals surface area contributed by atoms with E-state index in [0.29, 0.717) is 26.4 Å². The molecule has 6 nitrogen and oxygen atoms in total. The molecule has 2 heterocycles. The van der Waals surface area contributed by atoms with Gasteiger partial charge in [-0.2, -0.15) is 4.73 Å². The Bertz CT molecular complexity index is 1190. The molecule has 0 spiro atoms. The molecular weight excluding hydrogens is 395 g/mol. The number of carbonyl (C=O) groups excluding carboxylic acids is 1. The van der Waals surface area contributed by atoms with Crippen molar-refractivity contribution in [2.45, 2.75) is 6.54 Å². The number of aromatic nitrogens is 1. The van der Waals surface area contributed by atoms with Gasteiger partial charge in [-0.25, -0.2) is 13.9 Å². The molecule has 0 radical (unpaired) electrons. The molecule has 0 fully saturated rings. The van der Waals surface area contributed by atoms with Crippen LogP contribution in [0.2, 0.25) is 5.02 Å². The predicted octanol–water partition coefficient (Wildman–Crippen LogP) is 3.40. The number of hydrogen-bond donors (Lipinski definition) is 1. The molecule has 0 saturated carbocycles. The van der Waals surface area contributed by atoms with Gasteiger partial charge in [-0.1, -0.05) is 29.8 Å². The van der Waals surface area contributed by atoms with Crippen LogP contribution in [-0.2, 0) is 11.3 Å². The monoisotopic (exact) mass is 411 g/mol. The van der Waals surface area contributed by atoms with Gasteiger partial charge in [-0.3, -0.25) is 4.79 Å². The Balaban J connectivity index is 1.60. The van der Waals surface area contributed by atoms with Crippen molar-refractivity contribution in [1.29, 1.82) is 0 Å². The molecule has 146 valence electrons. The zero-order valence-electron chi connectivity index (χ0n) is 15.5. The Morgan fingerprint density at radius 2 is 2.03 bits per heavy atom. The molecule has 0 bridgehead atoms. The van der Waals surface area contributed by atoms with Crippen molar-refractivity contribution < 1.29 is 13.9 Å². The number of likely N-dealkylation sites (N-methyl/N-ethyl adjacent to an activating group) is 1. The Morgan fingerprint density at radius 1 is 1.24 bits per heavy atom.